The number of carbonyl (C=O) groups excluding carboxylic acids is 1. The van der Waals surface area contributed by atoms with Crippen molar-refractivity contribution in [1.29, 1.82) is 0 Å². The number of hydrogen-bond acceptors (Lipinski definition) is 5. The first-order valence-corrected chi connectivity index (χ1v) is 6.71. The average molecular weight is 291 g/mol. The summed E-state index contributed by atoms with van der Waals surface area (Å²) in [6.07, 6.45) is 4.86. The minimum absolute atomic E-state index is 0.285. The van der Waals surface area contributed by atoms with E-state index in [1.54, 1.807) is 42.9 Å². The normalized spacial score (nSPS) is 10.2. The molecule has 0 aliphatic rings. The number of amides is 1. The Morgan fingerprint density at radius 2 is 1.82 bits per heavy atom. The lowest BCUT2D eigenvalue weighted by Gasteiger charge is -2.05. The number of aryl methyl sites for hydroxylation is 1. The Morgan fingerprint density at radius 3 is 2.59 bits per heavy atom. The standard InChI is InChI=1S/C16H13N5O/c1-11-4-2-5-14(20-11)21-16(22)13-10-12(6-9-17-13)15-18-7-3-8-19-15/h2-10H,1H3,(H,20,21,22). The van der Waals surface area contributed by atoms with E-state index >= 15 is 0 Å². The number of nitrogens with one attached hydrogen (secondary N) is 1. The number of hydrogen-bond donors (Lipinski definition) is 1. The predicted molar refractivity (Wildman–Crippen MR) is 82.2 cm³/mol. The molecule has 0 bridgehead atoms. The second kappa shape index (κ2) is 6.09. The van der Waals surface area contributed by atoms with Crippen LogP contribution in [0.25, 0.3) is 11.4 Å². The van der Waals surface area contributed by atoms with Gasteiger partial charge < -0.3 is 5.32 Å². The van der Waals surface area contributed by atoms with E-state index < -0.39 is 0 Å². The Balaban J connectivity index is 1.84. The van der Waals surface area contributed by atoms with Gasteiger partial charge in [-0.15, -0.1) is 0 Å². The maximum atomic E-state index is 12.3. The van der Waals surface area contributed by atoms with Crippen molar-refractivity contribution in [3.8, 4) is 11.4 Å². The Bertz CT molecular complexity index is 804. The smallest absolute Gasteiger partial charge is 0.275 e. The van der Waals surface area contributed by atoms with Crippen LogP contribution in [0.2, 0.25) is 0 Å². The SMILES string of the molecule is Cc1cccc(NC(=O)c2cc(-c3ncccn3)ccn2)n1. The molecule has 1 amide bonds. The molecule has 3 heterocycles. The van der Waals surface area contributed by atoms with E-state index in [0.717, 1.165) is 11.3 Å². The van der Waals surface area contributed by atoms with Crippen LogP contribution in [0.3, 0.4) is 0 Å². The van der Waals surface area contributed by atoms with Gasteiger partial charge in [0, 0.05) is 29.8 Å². The quantitative estimate of drug-likeness (QED) is 0.802. The van der Waals surface area contributed by atoms with Crippen LogP contribution < -0.4 is 5.32 Å². The Kier molecular flexibility index (Phi) is 3.82. The molecule has 0 radical (unpaired) electrons. The van der Waals surface area contributed by atoms with E-state index in [9.17, 15) is 4.79 Å². The molecule has 0 unspecified atom stereocenters. The van der Waals surface area contributed by atoms with Crippen molar-refractivity contribution >= 4 is 11.7 Å². The third-order valence-corrected chi connectivity index (χ3v) is 2.95. The zero-order chi connectivity index (χ0) is 15.4. The topological polar surface area (TPSA) is 80.7 Å². The number of aromatic nitrogens is 4. The fourth-order valence-electron chi connectivity index (χ4n) is 1.93. The third-order valence-electron chi connectivity index (χ3n) is 2.95. The molecule has 0 saturated carbocycles. The van der Waals surface area contributed by atoms with Gasteiger partial charge in [0.2, 0.25) is 0 Å². The molecule has 6 heteroatoms. The molecule has 1 N–H and O–H groups in total. The zero-order valence-electron chi connectivity index (χ0n) is 11.9. The highest BCUT2D eigenvalue weighted by Gasteiger charge is 2.10. The third kappa shape index (κ3) is 3.12. The lowest BCUT2D eigenvalue weighted by molar-refractivity contribution is 0.102. The van der Waals surface area contributed by atoms with Gasteiger partial charge in [-0.1, -0.05) is 6.07 Å². The van der Waals surface area contributed by atoms with Crippen molar-refractivity contribution < 1.29 is 4.79 Å². The lowest BCUT2D eigenvalue weighted by atomic mass is 10.2. The van der Waals surface area contributed by atoms with Gasteiger partial charge in [-0.3, -0.25) is 9.78 Å². The van der Waals surface area contributed by atoms with Crippen LogP contribution in [-0.4, -0.2) is 25.8 Å². The summed E-state index contributed by atoms with van der Waals surface area (Å²) in [7, 11) is 0. The molecule has 0 fully saturated rings. The summed E-state index contributed by atoms with van der Waals surface area (Å²) in [4.78, 5) is 28.9. The maximum Gasteiger partial charge on any atom is 0.275 e. The fraction of sp³-hybridized carbons (Fsp3) is 0.0625. The molecule has 0 aliphatic heterocycles. The van der Waals surface area contributed by atoms with E-state index in [4.69, 9.17) is 0 Å². The second-order valence-corrected chi connectivity index (χ2v) is 4.62. The second-order valence-electron chi connectivity index (χ2n) is 4.62. The number of anilines is 1. The molecule has 0 spiro atoms. The molecule has 108 valence electrons. The minimum atomic E-state index is -0.323. The molecular weight excluding hydrogens is 278 g/mol. The van der Waals surface area contributed by atoms with Gasteiger partial charge in [0.1, 0.15) is 11.5 Å². The monoisotopic (exact) mass is 291 g/mol. The first kappa shape index (κ1) is 13.8. The first-order chi connectivity index (χ1) is 10.7. The van der Waals surface area contributed by atoms with E-state index in [1.165, 1.54) is 0 Å². The highest BCUT2D eigenvalue weighted by molar-refractivity contribution is 6.02. The first-order valence-electron chi connectivity index (χ1n) is 6.71. The molecule has 0 aliphatic carbocycles. The largest absolute Gasteiger partial charge is 0.305 e. The van der Waals surface area contributed by atoms with Crippen molar-refractivity contribution in [3.05, 3.63) is 66.4 Å². The van der Waals surface area contributed by atoms with E-state index in [2.05, 4.69) is 25.3 Å². The summed E-state index contributed by atoms with van der Waals surface area (Å²) < 4.78 is 0. The summed E-state index contributed by atoms with van der Waals surface area (Å²) in [5, 5.41) is 2.72. The van der Waals surface area contributed by atoms with Crippen molar-refractivity contribution in [3.63, 3.8) is 0 Å². The Morgan fingerprint density at radius 1 is 1.00 bits per heavy atom. The van der Waals surface area contributed by atoms with Gasteiger partial charge in [-0.25, -0.2) is 15.0 Å². The van der Waals surface area contributed by atoms with E-state index in [-0.39, 0.29) is 11.6 Å². The molecule has 3 aromatic rings. The molecule has 3 aromatic heterocycles. The van der Waals surface area contributed by atoms with E-state index in [1.807, 2.05) is 19.1 Å². The highest BCUT2D eigenvalue weighted by Crippen LogP contribution is 2.15. The van der Waals surface area contributed by atoms with Crippen molar-refractivity contribution in [2.24, 2.45) is 0 Å². The number of rotatable bonds is 3. The number of pyridine rings is 2. The average Bonchev–Trinajstić information content (AvgIpc) is 2.56. The van der Waals surface area contributed by atoms with Gasteiger partial charge in [0.05, 0.1) is 0 Å². The summed E-state index contributed by atoms with van der Waals surface area (Å²) in [5.74, 6) is 0.719. The van der Waals surface area contributed by atoms with Gasteiger partial charge in [-0.05, 0) is 37.3 Å². The fourth-order valence-corrected chi connectivity index (χ4v) is 1.93. The predicted octanol–water partition coefficient (Wildman–Crippen LogP) is 2.49. The summed E-state index contributed by atoms with van der Waals surface area (Å²) >= 11 is 0. The molecular formula is C16H13N5O. The van der Waals surface area contributed by atoms with Gasteiger partial charge in [-0.2, -0.15) is 0 Å². The number of nitrogens with zero attached hydrogens (tertiary/aromatic N) is 4. The number of carbonyl (C=O) groups is 1. The van der Waals surface area contributed by atoms with Gasteiger partial charge in [0.15, 0.2) is 5.82 Å². The van der Waals surface area contributed by atoms with Gasteiger partial charge in [0.25, 0.3) is 5.91 Å². The highest BCUT2D eigenvalue weighted by atomic mass is 16.1. The minimum Gasteiger partial charge on any atom is -0.305 e. The van der Waals surface area contributed by atoms with E-state index in [0.29, 0.717) is 11.6 Å². The molecule has 0 saturated heterocycles. The molecule has 22 heavy (non-hydrogen) atoms. The Hall–Kier alpha value is -3.15. The van der Waals surface area contributed by atoms with Gasteiger partial charge >= 0.3 is 0 Å². The van der Waals surface area contributed by atoms with Crippen LogP contribution >= 0.6 is 0 Å². The van der Waals surface area contributed by atoms with Crippen LogP contribution in [0, 0.1) is 6.92 Å². The van der Waals surface area contributed by atoms with Crippen molar-refractivity contribution in [2.75, 3.05) is 5.32 Å². The lowest BCUT2D eigenvalue weighted by Crippen LogP contribution is -2.14. The van der Waals surface area contributed by atoms with Crippen molar-refractivity contribution in [1.82, 2.24) is 19.9 Å². The maximum absolute atomic E-state index is 12.3. The van der Waals surface area contributed by atoms with Crippen LogP contribution in [0.5, 0.6) is 0 Å². The summed E-state index contributed by atoms with van der Waals surface area (Å²) in [5.41, 5.74) is 1.85. The van der Waals surface area contributed by atoms with Crippen LogP contribution in [-0.2, 0) is 0 Å². The van der Waals surface area contributed by atoms with Crippen LogP contribution in [0.1, 0.15) is 16.2 Å². The summed E-state index contributed by atoms with van der Waals surface area (Å²) in [6, 6.07) is 10.6. The van der Waals surface area contributed by atoms with Crippen LogP contribution in [0.15, 0.2) is 55.0 Å². The zero-order valence-corrected chi connectivity index (χ0v) is 11.9. The molecule has 6 nitrogen and oxygen atoms in total. The molecule has 3 rings (SSSR count). The summed E-state index contributed by atoms with van der Waals surface area (Å²) in [6.45, 7) is 1.86. The molecule has 0 aromatic carbocycles. The Labute approximate surface area is 127 Å². The van der Waals surface area contributed by atoms with Crippen LogP contribution in [0.4, 0.5) is 5.82 Å². The van der Waals surface area contributed by atoms with Crippen molar-refractivity contribution in [2.45, 2.75) is 6.92 Å². The molecule has 0 atom stereocenters.